The second kappa shape index (κ2) is 10.5. The summed E-state index contributed by atoms with van der Waals surface area (Å²) in [5, 5.41) is 7.24. The second-order valence-electron chi connectivity index (χ2n) is 8.33. The fourth-order valence-corrected chi connectivity index (χ4v) is 4.62. The van der Waals surface area contributed by atoms with E-state index in [0.717, 1.165) is 21.3 Å². The van der Waals surface area contributed by atoms with Crippen LogP contribution in [-0.2, 0) is 29.1 Å². The molecule has 2 N–H and O–H groups in total. The molecule has 2 aromatic carbocycles. The fraction of sp³-hybridized carbons (Fsp3) is 0.231. The van der Waals surface area contributed by atoms with Crippen LogP contribution in [0.2, 0.25) is 0 Å². The minimum atomic E-state index is -0.700. The van der Waals surface area contributed by atoms with Crippen molar-refractivity contribution in [1.82, 2.24) is 14.5 Å². The Morgan fingerprint density at radius 2 is 1.63 bits per heavy atom. The number of hydrogen-bond donors (Lipinski definition) is 2. The van der Waals surface area contributed by atoms with Crippen LogP contribution in [0.4, 0.5) is 5.69 Å². The lowest BCUT2D eigenvalue weighted by Crippen LogP contribution is -2.44. The molecule has 0 aliphatic rings. The molecule has 0 aliphatic carbocycles. The molecule has 0 bridgehead atoms. The number of rotatable bonds is 8. The number of nitrogens with zero attached hydrogens (tertiary/aromatic N) is 2. The highest BCUT2D eigenvalue weighted by atomic mass is 32.1. The van der Waals surface area contributed by atoms with Gasteiger partial charge in [-0.05, 0) is 60.5 Å². The highest BCUT2D eigenvalue weighted by Gasteiger charge is 2.18. The molecule has 4 rings (SSSR count). The quantitative estimate of drug-likeness (QED) is 0.397. The van der Waals surface area contributed by atoms with Crippen LogP contribution in [0, 0.1) is 13.8 Å². The van der Waals surface area contributed by atoms with Gasteiger partial charge >= 0.3 is 5.69 Å². The van der Waals surface area contributed by atoms with Crippen LogP contribution < -0.4 is 21.9 Å². The Labute approximate surface area is 205 Å². The molecule has 2 amide bonds. The molecule has 0 saturated carbocycles. The first-order valence-corrected chi connectivity index (χ1v) is 12.1. The molecule has 0 spiro atoms. The molecule has 8 nitrogen and oxygen atoms in total. The third-order valence-corrected chi connectivity index (χ3v) is 6.70. The lowest BCUT2D eigenvalue weighted by atomic mass is 10.1. The smallest absolute Gasteiger partial charge is 0.332 e. The Morgan fingerprint density at radius 1 is 0.886 bits per heavy atom. The van der Waals surface area contributed by atoms with E-state index in [4.69, 9.17) is 0 Å². The van der Waals surface area contributed by atoms with Crippen molar-refractivity contribution in [2.75, 3.05) is 11.9 Å². The lowest BCUT2D eigenvalue weighted by Gasteiger charge is -2.13. The average Bonchev–Trinajstić information content (AvgIpc) is 3.33. The van der Waals surface area contributed by atoms with Gasteiger partial charge in [0.05, 0.1) is 5.52 Å². The summed E-state index contributed by atoms with van der Waals surface area (Å²) in [7, 11) is 0. The van der Waals surface area contributed by atoms with Crippen molar-refractivity contribution in [2.45, 2.75) is 33.4 Å². The molecular formula is C26H26N4O4S. The summed E-state index contributed by atoms with van der Waals surface area (Å²) in [6.07, 6.45) is 0.633. The SMILES string of the molecule is Cc1ccc(NC(=O)Cn2c(=O)n(CC(=O)NCCc3ccccc3)c(=O)c3sccc32)cc1C. The zero-order valence-electron chi connectivity index (χ0n) is 19.5. The van der Waals surface area contributed by atoms with E-state index in [1.807, 2.05) is 56.3 Å². The van der Waals surface area contributed by atoms with Gasteiger partial charge < -0.3 is 10.6 Å². The maximum absolute atomic E-state index is 13.2. The number of fused-ring (bicyclic) bond motifs is 1. The van der Waals surface area contributed by atoms with Gasteiger partial charge in [-0.2, -0.15) is 0 Å². The number of benzene rings is 2. The molecule has 0 unspecified atom stereocenters. The standard InChI is InChI=1S/C26H26N4O4S/c1-17-8-9-20(14-18(17)2)28-23(32)16-29-21-11-13-35-24(21)25(33)30(26(29)34)15-22(31)27-12-10-19-6-4-3-5-7-19/h3-9,11,13-14H,10,12,15-16H2,1-2H3,(H,27,31)(H,28,32). The number of thiophene rings is 1. The van der Waals surface area contributed by atoms with Crippen molar-refractivity contribution in [3.63, 3.8) is 0 Å². The van der Waals surface area contributed by atoms with Gasteiger partial charge in [0.2, 0.25) is 11.8 Å². The largest absolute Gasteiger partial charge is 0.354 e. The molecule has 0 aliphatic heterocycles. The number of anilines is 1. The maximum atomic E-state index is 13.2. The molecule has 0 radical (unpaired) electrons. The number of aryl methyl sites for hydroxylation is 2. The number of amides is 2. The van der Waals surface area contributed by atoms with Gasteiger partial charge in [-0.15, -0.1) is 11.3 Å². The van der Waals surface area contributed by atoms with Crippen LogP contribution >= 0.6 is 11.3 Å². The van der Waals surface area contributed by atoms with E-state index in [2.05, 4.69) is 10.6 Å². The third-order valence-electron chi connectivity index (χ3n) is 5.81. The lowest BCUT2D eigenvalue weighted by molar-refractivity contribution is -0.121. The average molecular weight is 491 g/mol. The number of aromatic nitrogens is 2. The molecule has 35 heavy (non-hydrogen) atoms. The highest BCUT2D eigenvalue weighted by molar-refractivity contribution is 7.17. The van der Waals surface area contributed by atoms with E-state index >= 15 is 0 Å². The van der Waals surface area contributed by atoms with Crippen molar-refractivity contribution < 1.29 is 9.59 Å². The van der Waals surface area contributed by atoms with Crippen LogP contribution in [0.15, 0.2) is 69.6 Å². The van der Waals surface area contributed by atoms with Gasteiger partial charge in [-0.1, -0.05) is 36.4 Å². The van der Waals surface area contributed by atoms with E-state index in [9.17, 15) is 19.2 Å². The maximum Gasteiger partial charge on any atom is 0.332 e. The minimum Gasteiger partial charge on any atom is -0.354 e. The van der Waals surface area contributed by atoms with Crippen molar-refractivity contribution in [3.8, 4) is 0 Å². The first-order chi connectivity index (χ1) is 16.8. The number of carbonyl (C=O) groups excluding carboxylic acids is 2. The van der Waals surface area contributed by atoms with Crippen LogP contribution in [0.3, 0.4) is 0 Å². The first-order valence-electron chi connectivity index (χ1n) is 11.2. The van der Waals surface area contributed by atoms with Crippen LogP contribution in [0.1, 0.15) is 16.7 Å². The molecule has 180 valence electrons. The summed E-state index contributed by atoms with van der Waals surface area (Å²) in [4.78, 5) is 51.4. The molecule has 0 atom stereocenters. The summed E-state index contributed by atoms with van der Waals surface area (Å²) in [5.74, 6) is -0.845. The molecule has 2 heterocycles. The zero-order valence-corrected chi connectivity index (χ0v) is 20.4. The summed E-state index contributed by atoms with van der Waals surface area (Å²) in [5.41, 5.74) is 2.97. The van der Waals surface area contributed by atoms with Crippen LogP contribution in [0.5, 0.6) is 0 Å². The monoisotopic (exact) mass is 490 g/mol. The van der Waals surface area contributed by atoms with Crippen molar-refractivity contribution in [3.05, 3.63) is 97.5 Å². The predicted molar refractivity (Wildman–Crippen MR) is 138 cm³/mol. The normalized spacial score (nSPS) is 10.9. The van der Waals surface area contributed by atoms with Gasteiger partial charge in [-0.25, -0.2) is 9.36 Å². The van der Waals surface area contributed by atoms with Crippen molar-refractivity contribution >= 4 is 39.1 Å². The molecule has 2 aromatic heterocycles. The fourth-order valence-electron chi connectivity index (χ4n) is 3.78. The van der Waals surface area contributed by atoms with E-state index in [0.29, 0.717) is 28.9 Å². The molecule has 0 fully saturated rings. The van der Waals surface area contributed by atoms with Crippen molar-refractivity contribution in [1.29, 1.82) is 0 Å². The minimum absolute atomic E-state index is 0.283. The molecule has 0 saturated heterocycles. The summed E-state index contributed by atoms with van der Waals surface area (Å²) in [6, 6.07) is 16.9. The molecule has 4 aromatic rings. The molecular weight excluding hydrogens is 464 g/mol. The van der Waals surface area contributed by atoms with Crippen LogP contribution in [0.25, 0.3) is 10.2 Å². The Kier molecular flexibility index (Phi) is 7.26. The van der Waals surface area contributed by atoms with Gasteiger partial charge in [0.25, 0.3) is 5.56 Å². The second-order valence-corrected chi connectivity index (χ2v) is 9.24. The first kappa shape index (κ1) is 24.2. The highest BCUT2D eigenvalue weighted by Crippen LogP contribution is 2.17. The van der Waals surface area contributed by atoms with Crippen LogP contribution in [-0.4, -0.2) is 27.5 Å². The molecule has 9 heteroatoms. The predicted octanol–water partition coefficient (Wildman–Crippen LogP) is 2.84. The Bertz CT molecular complexity index is 1500. The van der Waals surface area contributed by atoms with Gasteiger partial charge in [0.15, 0.2) is 0 Å². The summed E-state index contributed by atoms with van der Waals surface area (Å²) in [6.45, 7) is 3.61. The number of nitrogens with one attached hydrogen (secondary N) is 2. The van der Waals surface area contributed by atoms with E-state index in [1.165, 1.54) is 15.9 Å². The Balaban J connectivity index is 1.52. The number of carbonyl (C=O) groups is 2. The van der Waals surface area contributed by atoms with E-state index in [-0.39, 0.29) is 6.54 Å². The van der Waals surface area contributed by atoms with Gasteiger partial charge in [-0.3, -0.25) is 19.0 Å². The topological polar surface area (TPSA) is 102 Å². The van der Waals surface area contributed by atoms with E-state index in [1.54, 1.807) is 17.5 Å². The Morgan fingerprint density at radius 3 is 2.37 bits per heavy atom. The summed E-state index contributed by atoms with van der Waals surface area (Å²) < 4.78 is 2.45. The number of hydrogen-bond acceptors (Lipinski definition) is 5. The summed E-state index contributed by atoms with van der Waals surface area (Å²) >= 11 is 1.17. The third kappa shape index (κ3) is 5.58. The van der Waals surface area contributed by atoms with Gasteiger partial charge in [0.1, 0.15) is 17.8 Å². The van der Waals surface area contributed by atoms with Crippen molar-refractivity contribution in [2.24, 2.45) is 0 Å². The zero-order chi connectivity index (χ0) is 24.9. The van der Waals surface area contributed by atoms with Gasteiger partial charge in [0, 0.05) is 12.2 Å². The Hall–Kier alpha value is -3.98. The van der Waals surface area contributed by atoms with E-state index < -0.39 is 29.6 Å².